The molecule has 0 bridgehead atoms. The van der Waals surface area contributed by atoms with Gasteiger partial charge in [0.05, 0.1) is 36.1 Å². The van der Waals surface area contributed by atoms with Crippen LogP contribution >= 0.6 is 0 Å². The number of rotatable bonds is 5. The first-order valence-electron chi connectivity index (χ1n) is 17.9. The number of carbonyl (C=O) groups excluding carboxylic acids is 2. The summed E-state index contributed by atoms with van der Waals surface area (Å²) in [5.41, 5.74) is 4.79. The van der Waals surface area contributed by atoms with Crippen LogP contribution in [0.15, 0.2) is 0 Å². The van der Waals surface area contributed by atoms with Crippen molar-refractivity contribution in [2.75, 3.05) is 6.61 Å². The molecular weight excluding hydrogens is 590 g/mol. The number of carbonyl (C=O) groups is 2. The van der Waals surface area contributed by atoms with Crippen molar-refractivity contribution in [1.29, 1.82) is 0 Å². The van der Waals surface area contributed by atoms with Crippen molar-refractivity contribution in [3.63, 3.8) is 0 Å². The van der Waals surface area contributed by atoms with Crippen LogP contribution in [0.1, 0.15) is 106 Å². The predicted octanol–water partition coefficient (Wildman–Crippen LogP) is 3.26. The molecule has 5 saturated carbocycles. The van der Waals surface area contributed by atoms with Crippen molar-refractivity contribution < 1.29 is 43.9 Å². The van der Waals surface area contributed by atoms with E-state index in [0.29, 0.717) is 25.4 Å². The summed E-state index contributed by atoms with van der Waals surface area (Å²) in [5.74, 6) is 0.0286. The zero-order valence-corrected chi connectivity index (χ0v) is 28.8. The summed E-state index contributed by atoms with van der Waals surface area (Å²) in [6.07, 6.45) is 2.65. The van der Waals surface area contributed by atoms with E-state index in [4.69, 9.17) is 24.7 Å². The highest BCUT2D eigenvalue weighted by Gasteiger charge is 2.85. The first-order chi connectivity index (χ1) is 21.3. The minimum absolute atomic E-state index is 0.00260. The number of esters is 1. The monoisotopic (exact) mass is 647 g/mol. The second-order valence-electron chi connectivity index (χ2n) is 17.9. The maximum atomic E-state index is 14.8. The molecule has 260 valence electrons. The lowest BCUT2D eigenvalue weighted by Crippen LogP contribution is -2.69. The lowest BCUT2D eigenvalue weighted by molar-refractivity contribution is -0.284. The summed E-state index contributed by atoms with van der Waals surface area (Å²) in [6.45, 7) is 13.9. The number of aliphatic hydroxyl groups is 3. The molecule has 5 aliphatic carbocycles. The molecule has 6 unspecified atom stereocenters. The molecule has 7 fully saturated rings. The Balaban J connectivity index is 1.15. The van der Waals surface area contributed by atoms with E-state index in [1.807, 2.05) is 0 Å². The van der Waals surface area contributed by atoms with Gasteiger partial charge in [-0.3, -0.25) is 9.59 Å². The van der Waals surface area contributed by atoms with Crippen molar-refractivity contribution in [2.24, 2.45) is 51.1 Å². The normalized spacial score (nSPS) is 53.2. The number of nitrogens with two attached hydrogens (primary N) is 1. The molecule has 0 aromatic rings. The molecule has 2 saturated heterocycles. The smallest absolute Gasteiger partial charge is 0.303 e. The fraction of sp³-hybridized carbons (Fsp3) is 0.944. The molecule has 0 radical (unpaired) electrons. The molecule has 0 aromatic carbocycles. The molecule has 10 nitrogen and oxygen atoms in total. The van der Waals surface area contributed by atoms with Crippen LogP contribution < -0.4 is 5.73 Å². The van der Waals surface area contributed by atoms with Crippen LogP contribution in [0.2, 0.25) is 0 Å². The van der Waals surface area contributed by atoms with Gasteiger partial charge in [0.1, 0.15) is 12.2 Å². The zero-order valence-electron chi connectivity index (χ0n) is 28.8. The van der Waals surface area contributed by atoms with Crippen LogP contribution in [0.4, 0.5) is 0 Å². The number of fused-ring (bicyclic) bond motifs is 4. The largest absolute Gasteiger partial charge is 0.457 e. The van der Waals surface area contributed by atoms with Gasteiger partial charge in [0, 0.05) is 12.8 Å². The number of aliphatic hydroxyl groups excluding tert-OH is 2. The summed E-state index contributed by atoms with van der Waals surface area (Å²) in [4.78, 5) is 26.8. The predicted molar refractivity (Wildman–Crippen MR) is 167 cm³/mol. The van der Waals surface area contributed by atoms with E-state index in [9.17, 15) is 24.9 Å². The highest BCUT2D eigenvalue weighted by molar-refractivity contribution is 5.97. The second kappa shape index (κ2) is 10.4. The van der Waals surface area contributed by atoms with E-state index < -0.39 is 59.3 Å². The van der Waals surface area contributed by atoms with Gasteiger partial charge in [-0.1, -0.05) is 27.7 Å². The Morgan fingerprint density at radius 2 is 1.72 bits per heavy atom. The number of hydrogen-bond acceptors (Lipinski definition) is 10. The van der Waals surface area contributed by atoms with E-state index in [2.05, 4.69) is 27.7 Å². The van der Waals surface area contributed by atoms with Gasteiger partial charge in [-0.2, -0.15) is 0 Å². The van der Waals surface area contributed by atoms with Gasteiger partial charge in [-0.05, 0) is 111 Å². The molecule has 2 heterocycles. The van der Waals surface area contributed by atoms with E-state index >= 15 is 0 Å². The fourth-order valence-corrected chi connectivity index (χ4v) is 13.0. The van der Waals surface area contributed by atoms with Crippen LogP contribution in [0.5, 0.6) is 0 Å². The highest BCUT2D eigenvalue weighted by atomic mass is 16.7. The first-order valence-corrected chi connectivity index (χ1v) is 17.9. The van der Waals surface area contributed by atoms with E-state index in [0.717, 1.165) is 44.9 Å². The van der Waals surface area contributed by atoms with Gasteiger partial charge >= 0.3 is 5.97 Å². The Bertz CT molecular complexity index is 1270. The highest BCUT2D eigenvalue weighted by Crippen LogP contribution is 2.87. The molecule has 15 atom stereocenters. The summed E-state index contributed by atoms with van der Waals surface area (Å²) in [6, 6.07) is 0. The topological polar surface area (TPSA) is 158 Å². The van der Waals surface area contributed by atoms with Gasteiger partial charge in [-0.15, -0.1) is 0 Å². The third-order valence-electron chi connectivity index (χ3n) is 15.0. The van der Waals surface area contributed by atoms with Crippen molar-refractivity contribution in [3.05, 3.63) is 0 Å². The minimum Gasteiger partial charge on any atom is -0.457 e. The minimum atomic E-state index is -1.33. The van der Waals surface area contributed by atoms with Crippen LogP contribution in [-0.2, 0) is 28.5 Å². The maximum absolute atomic E-state index is 14.8. The Hall–Kier alpha value is -1.14. The van der Waals surface area contributed by atoms with Crippen LogP contribution in [0.25, 0.3) is 0 Å². The van der Waals surface area contributed by atoms with Crippen molar-refractivity contribution in [1.82, 2.24) is 0 Å². The number of ether oxygens (including phenoxy) is 4. The summed E-state index contributed by atoms with van der Waals surface area (Å²) < 4.78 is 24.5. The van der Waals surface area contributed by atoms with Crippen LogP contribution in [-0.4, -0.2) is 87.7 Å². The van der Waals surface area contributed by atoms with E-state index in [-0.39, 0.29) is 45.9 Å². The quantitative estimate of drug-likeness (QED) is 0.258. The Morgan fingerprint density at radius 1 is 1.04 bits per heavy atom. The molecule has 10 heteroatoms. The van der Waals surface area contributed by atoms with Gasteiger partial charge in [0.2, 0.25) is 0 Å². The van der Waals surface area contributed by atoms with Crippen molar-refractivity contribution in [3.8, 4) is 0 Å². The van der Waals surface area contributed by atoms with Crippen molar-refractivity contribution in [2.45, 2.75) is 160 Å². The number of ketones is 1. The average molecular weight is 648 g/mol. The average Bonchev–Trinajstić information content (AvgIpc) is 3.59. The first kappa shape index (κ1) is 33.4. The maximum Gasteiger partial charge on any atom is 0.303 e. The summed E-state index contributed by atoms with van der Waals surface area (Å²) in [5, 5.41) is 31.8. The Labute approximate surface area is 273 Å². The fourth-order valence-electron chi connectivity index (χ4n) is 13.0. The van der Waals surface area contributed by atoms with Gasteiger partial charge < -0.3 is 40.0 Å². The molecule has 7 rings (SSSR count). The van der Waals surface area contributed by atoms with Crippen LogP contribution in [0.3, 0.4) is 0 Å². The van der Waals surface area contributed by atoms with E-state index in [1.54, 1.807) is 13.8 Å². The van der Waals surface area contributed by atoms with Gasteiger partial charge in [0.25, 0.3) is 0 Å². The van der Waals surface area contributed by atoms with Crippen LogP contribution in [0, 0.1) is 45.3 Å². The van der Waals surface area contributed by atoms with Gasteiger partial charge in [-0.25, -0.2) is 0 Å². The third-order valence-corrected chi connectivity index (χ3v) is 15.0. The molecule has 2 aliphatic heterocycles. The molecule has 46 heavy (non-hydrogen) atoms. The SMILES string of the molecule is CC(=O)O[C@@H](C1C[C@@H](C)[C@H]2C(O1)C(=O)[C@@]1(N)C3CC[C@H]4C(C)(C)[C@@H](O[C@@H]5OCC[C@H](O)[C@H]5O)CCC45CC35CCC21C)C(C)(C)O. The lowest BCUT2D eigenvalue weighted by atomic mass is 9.43. The zero-order chi connectivity index (χ0) is 33.4. The number of hydrogen-bond donors (Lipinski definition) is 4. The second-order valence-corrected chi connectivity index (χ2v) is 17.9. The molecule has 0 amide bonds. The Kier molecular flexibility index (Phi) is 7.57. The molecule has 2 spiro atoms. The van der Waals surface area contributed by atoms with Gasteiger partial charge in [0.15, 0.2) is 18.2 Å². The summed E-state index contributed by atoms with van der Waals surface area (Å²) >= 11 is 0. The standard InChI is InChI=1S/C36H57NO9/c1-18-16-21(29(32(5,6)42)44-19(2)38)45-27-25(18)33(7)13-14-35-17-34(35)12-10-24(46-30-26(40)20(39)11-15-43-30)31(3,4)22(34)8-9-23(35)36(33,37)28(27)41/h18,20-27,29-30,39-40,42H,8-17,37H2,1-7H3/t18-,20+,21?,22+,23?,24+,25+,26-,27?,29+,30+,33?,34?,35?,36+/m1/s1. The third kappa shape index (κ3) is 4.25. The summed E-state index contributed by atoms with van der Waals surface area (Å²) in [7, 11) is 0. The number of Topliss-reactive ketones (excluding diaryl/α,β-unsaturated/α-hetero) is 1. The Morgan fingerprint density at radius 3 is 2.39 bits per heavy atom. The molecule has 5 N–H and O–H groups in total. The molecular formula is C36H57NO9. The lowest BCUT2D eigenvalue weighted by Gasteiger charge is -2.62. The molecule has 0 aromatic heterocycles. The molecule has 7 aliphatic rings. The van der Waals surface area contributed by atoms with Crippen molar-refractivity contribution >= 4 is 11.8 Å². The van der Waals surface area contributed by atoms with E-state index in [1.165, 1.54) is 6.92 Å².